The van der Waals surface area contributed by atoms with Crippen LogP contribution in [0.2, 0.25) is 0 Å². The molecule has 2 heterocycles. The van der Waals surface area contributed by atoms with Gasteiger partial charge in [0.05, 0.1) is 28.4 Å². The average molecular weight is 402 g/mol. The number of nitrogens with zero attached hydrogens (tertiary/aromatic N) is 3. The summed E-state index contributed by atoms with van der Waals surface area (Å²) in [7, 11) is 0. The van der Waals surface area contributed by atoms with Crippen molar-refractivity contribution < 1.29 is 9.18 Å². The Morgan fingerprint density at radius 3 is 2.47 bits per heavy atom. The van der Waals surface area contributed by atoms with Crippen LogP contribution in [0, 0.1) is 19.7 Å². The van der Waals surface area contributed by atoms with E-state index in [1.807, 2.05) is 51.1 Å². The first-order valence-corrected chi connectivity index (χ1v) is 9.96. The lowest BCUT2D eigenvalue weighted by atomic mass is 10.0. The van der Waals surface area contributed by atoms with Crippen molar-refractivity contribution in [3.63, 3.8) is 0 Å². The summed E-state index contributed by atoms with van der Waals surface area (Å²) in [6, 6.07) is 17.7. The van der Waals surface area contributed by atoms with E-state index in [9.17, 15) is 9.18 Å². The molecule has 5 nitrogen and oxygen atoms in total. The van der Waals surface area contributed by atoms with Crippen molar-refractivity contribution in [1.29, 1.82) is 0 Å². The number of fused-ring (bicyclic) bond motifs is 1. The first-order valence-electron chi connectivity index (χ1n) is 9.96. The molecule has 0 radical (unpaired) electrons. The number of pyridine rings is 1. The molecule has 0 aliphatic carbocycles. The summed E-state index contributed by atoms with van der Waals surface area (Å²) in [5.74, 6) is -0.481. The molecule has 4 rings (SSSR count). The van der Waals surface area contributed by atoms with Crippen LogP contribution in [0.5, 0.6) is 0 Å². The second kappa shape index (κ2) is 8.06. The summed E-state index contributed by atoms with van der Waals surface area (Å²) in [5.41, 5.74) is 4.28. The minimum absolute atomic E-state index is 0.0883. The molecular formula is C24H23FN4O. The number of aromatic nitrogens is 3. The molecule has 0 fully saturated rings. The maximum Gasteiger partial charge on any atom is 0.252 e. The van der Waals surface area contributed by atoms with E-state index >= 15 is 0 Å². The summed E-state index contributed by atoms with van der Waals surface area (Å²) in [4.78, 5) is 17.9. The quantitative estimate of drug-likeness (QED) is 0.508. The van der Waals surface area contributed by atoms with Crippen molar-refractivity contribution in [1.82, 2.24) is 20.1 Å². The van der Waals surface area contributed by atoms with Gasteiger partial charge in [0.15, 0.2) is 5.65 Å². The molecule has 0 saturated carbocycles. The van der Waals surface area contributed by atoms with Gasteiger partial charge < -0.3 is 5.32 Å². The molecule has 152 valence electrons. The molecule has 0 aliphatic heterocycles. The van der Waals surface area contributed by atoms with Crippen LogP contribution in [0.1, 0.15) is 46.7 Å². The van der Waals surface area contributed by atoms with E-state index in [0.717, 1.165) is 12.0 Å². The van der Waals surface area contributed by atoms with Gasteiger partial charge in [-0.2, -0.15) is 5.10 Å². The van der Waals surface area contributed by atoms with Gasteiger partial charge in [0.25, 0.3) is 5.91 Å². The summed E-state index contributed by atoms with van der Waals surface area (Å²) in [6.45, 7) is 5.75. The van der Waals surface area contributed by atoms with Gasteiger partial charge in [-0.15, -0.1) is 0 Å². The smallest absolute Gasteiger partial charge is 0.252 e. The van der Waals surface area contributed by atoms with E-state index in [1.54, 1.807) is 22.9 Å². The maximum absolute atomic E-state index is 13.4. The second-order valence-electron chi connectivity index (χ2n) is 7.33. The van der Waals surface area contributed by atoms with Crippen LogP contribution in [0.3, 0.4) is 0 Å². The topological polar surface area (TPSA) is 59.8 Å². The number of benzene rings is 2. The molecule has 0 aliphatic rings. The van der Waals surface area contributed by atoms with Gasteiger partial charge in [0.2, 0.25) is 0 Å². The van der Waals surface area contributed by atoms with Crippen molar-refractivity contribution >= 4 is 16.9 Å². The molecule has 30 heavy (non-hydrogen) atoms. The minimum Gasteiger partial charge on any atom is -0.345 e. The summed E-state index contributed by atoms with van der Waals surface area (Å²) in [6.07, 6.45) is 0.775. The van der Waals surface area contributed by atoms with Crippen LogP contribution in [-0.2, 0) is 0 Å². The zero-order valence-electron chi connectivity index (χ0n) is 17.2. The maximum atomic E-state index is 13.4. The Bertz CT molecular complexity index is 1200. The van der Waals surface area contributed by atoms with E-state index in [1.165, 1.54) is 12.1 Å². The lowest BCUT2D eigenvalue weighted by Gasteiger charge is -2.18. The van der Waals surface area contributed by atoms with Gasteiger partial charge in [-0.1, -0.05) is 37.3 Å². The molecule has 0 saturated heterocycles. The molecule has 0 spiro atoms. The Hall–Kier alpha value is -3.54. The number of hydrogen-bond donors (Lipinski definition) is 1. The highest BCUT2D eigenvalue weighted by Crippen LogP contribution is 2.26. The highest BCUT2D eigenvalue weighted by atomic mass is 19.1. The molecule has 0 bridgehead atoms. The molecule has 1 amide bonds. The van der Waals surface area contributed by atoms with Crippen molar-refractivity contribution in [2.45, 2.75) is 33.2 Å². The minimum atomic E-state index is -0.317. The Morgan fingerprint density at radius 1 is 1.10 bits per heavy atom. The third-order valence-corrected chi connectivity index (χ3v) is 5.17. The normalized spacial score (nSPS) is 12.1. The number of carbonyl (C=O) groups excluding carboxylic acids is 1. The Balaban J connectivity index is 1.77. The van der Waals surface area contributed by atoms with Gasteiger partial charge in [0, 0.05) is 5.69 Å². The number of hydrogen-bond acceptors (Lipinski definition) is 3. The summed E-state index contributed by atoms with van der Waals surface area (Å²) < 4.78 is 15.0. The van der Waals surface area contributed by atoms with Crippen molar-refractivity contribution in [2.75, 3.05) is 0 Å². The van der Waals surface area contributed by atoms with Gasteiger partial charge in [-0.3, -0.25) is 4.79 Å². The third kappa shape index (κ3) is 3.68. The molecule has 6 heteroatoms. The van der Waals surface area contributed by atoms with E-state index < -0.39 is 0 Å². The molecule has 2 aromatic carbocycles. The van der Waals surface area contributed by atoms with Crippen LogP contribution in [0.25, 0.3) is 16.7 Å². The van der Waals surface area contributed by atoms with Crippen LogP contribution in [0.15, 0.2) is 60.7 Å². The monoisotopic (exact) mass is 402 g/mol. The van der Waals surface area contributed by atoms with Crippen LogP contribution >= 0.6 is 0 Å². The van der Waals surface area contributed by atoms with Crippen LogP contribution < -0.4 is 5.32 Å². The Morgan fingerprint density at radius 2 is 1.80 bits per heavy atom. The first-order chi connectivity index (χ1) is 14.5. The average Bonchev–Trinajstić information content (AvgIpc) is 3.08. The molecule has 0 unspecified atom stereocenters. The molecule has 1 N–H and O–H groups in total. The van der Waals surface area contributed by atoms with E-state index in [-0.39, 0.29) is 17.8 Å². The Labute approximate surface area is 174 Å². The highest BCUT2D eigenvalue weighted by Gasteiger charge is 2.21. The SMILES string of the molecule is CC[C@@H](NC(=O)c1cc(C)nc2c1c(C)nn2-c1ccc(F)cc1)c1ccccc1. The van der Waals surface area contributed by atoms with Gasteiger partial charge in [-0.25, -0.2) is 14.1 Å². The lowest BCUT2D eigenvalue weighted by Crippen LogP contribution is -2.28. The van der Waals surface area contributed by atoms with E-state index in [2.05, 4.69) is 15.4 Å². The number of halogens is 1. The van der Waals surface area contributed by atoms with Crippen molar-refractivity contribution in [3.05, 3.63) is 89.0 Å². The second-order valence-corrected chi connectivity index (χ2v) is 7.33. The molecule has 2 aromatic heterocycles. The van der Waals surface area contributed by atoms with Crippen molar-refractivity contribution in [3.8, 4) is 5.69 Å². The largest absolute Gasteiger partial charge is 0.345 e. The fourth-order valence-electron chi connectivity index (χ4n) is 3.70. The van der Waals surface area contributed by atoms with Gasteiger partial charge >= 0.3 is 0 Å². The van der Waals surface area contributed by atoms with Gasteiger partial charge in [0.1, 0.15) is 5.82 Å². The number of aryl methyl sites for hydroxylation is 2. The van der Waals surface area contributed by atoms with Crippen LogP contribution in [-0.4, -0.2) is 20.7 Å². The molecule has 4 aromatic rings. The summed E-state index contributed by atoms with van der Waals surface area (Å²) >= 11 is 0. The number of rotatable bonds is 5. The molecule has 1 atom stereocenters. The molecular weight excluding hydrogens is 379 g/mol. The zero-order valence-corrected chi connectivity index (χ0v) is 17.2. The number of amides is 1. The predicted molar refractivity (Wildman–Crippen MR) is 115 cm³/mol. The third-order valence-electron chi connectivity index (χ3n) is 5.17. The lowest BCUT2D eigenvalue weighted by molar-refractivity contribution is 0.0937. The zero-order chi connectivity index (χ0) is 21.3. The first kappa shape index (κ1) is 19.8. The summed E-state index contributed by atoms with van der Waals surface area (Å²) in [5, 5.41) is 8.43. The highest BCUT2D eigenvalue weighted by molar-refractivity contribution is 6.07. The standard InChI is InChI=1S/C24H23FN4O/c1-4-21(17-8-6-5-7-9-17)27-24(30)20-14-15(2)26-23-22(20)16(3)28-29(23)19-12-10-18(25)11-13-19/h5-14,21H,4H2,1-3H3,(H,27,30)/t21-/m1/s1. The fraction of sp³-hybridized carbons (Fsp3) is 0.208. The number of carbonyl (C=O) groups is 1. The fourth-order valence-corrected chi connectivity index (χ4v) is 3.70. The Kier molecular flexibility index (Phi) is 5.31. The predicted octanol–water partition coefficient (Wildman–Crippen LogP) is 5.06. The van der Waals surface area contributed by atoms with Crippen molar-refractivity contribution in [2.24, 2.45) is 0 Å². The number of nitrogens with one attached hydrogen (secondary N) is 1. The van der Waals surface area contributed by atoms with Crippen LogP contribution in [0.4, 0.5) is 4.39 Å². The van der Waals surface area contributed by atoms with E-state index in [4.69, 9.17) is 0 Å². The van der Waals surface area contributed by atoms with E-state index in [0.29, 0.717) is 33.7 Å². The van der Waals surface area contributed by atoms with Gasteiger partial charge in [-0.05, 0) is 56.2 Å².